The Morgan fingerprint density at radius 3 is 3.08 bits per heavy atom. The van der Waals surface area contributed by atoms with Crippen molar-refractivity contribution in [1.29, 1.82) is 0 Å². The second-order valence-corrected chi connectivity index (χ2v) is 2.82. The number of nitrogens with zero attached hydrogens (tertiary/aromatic N) is 1. The molecule has 0 radical (unpaired) electrons. The molecule has 0 spiro atoms. The van der Waals surface area contributed by atoms with Crippen molar-refractivity contribution in [2.24, 2.45) is 0 Å². The van der Waals surface area contributed by atoms with Crippen LogP contribution in [0.4, 0.5) is 0 Å². The van der Waals surface area contributed by atoms with Crippen molar-refractivity contribution in [2.45, 2.75) is 26.5 Å². The number of oxazole rings is 1. The number of nitrogens with one attached hydrogen (secondary N) is 1. The Bertz CT molecular complexity index is 248. The molecule has 0 amide bonds. The first-order valence-electron chi connectivity index (χ1n) is 4.45. The second kappa shape index (κ2) is 4.99. The maximum atomic E-state index is 5.24. The van der Waals surface area contributed by atoms with Gasteiger partial charge >= 0.3 is 0 Å². The molecule has 1 atom stereocenters. The second-order valence-electron chi connectivity index (χ2n) is 2.82. The van der Waals surface area contributed by atoms with Gasteiger partial charge in [-0.2, -0.15) is 0 Å². The van der Waals surface area contributed by atoms with E-state index in [1.165, 1.54) is 6.39 Å². The molecule has 0 saturated carbocycles. The van der Waals surface area contributed by atoms with Gasteiger partial charge in [0.15, 0.2) is 12.2 Å². The quantitative estimate of drug-likeness (QED) is 0.753. The monoisotopic (exact) mass is 184 g/mol. The zero-order chi connectivity index (χ0) is 9.68. The SMILES string of the molecule is CCNCc1ncoc1C(C)OC. The molecule has 1 aromatic heterocycles. The van der Waals surface area contributed by atoms with Gasteiger partial charge in [-0.25, -0.2) is 4.98 Å². The van der Waals surface area contributed by atoms with Gasteiger partial charge in [0.25, 0.3) is 0 Å². The average molecular weight is 184 g/mol. The molecular formula is C9H16N2O2. The fourth-order valence-corrected chi connectivity index (χ4v) is 1.09. The number of rotatable bonds is 5. The molecule has 0 fully saturated rings. The number of aromatic nitrogens is 1. The molecule has 0 bridgehead atoms. The first kappa shape index (κ1) is 10.2. The molecule has 1 heterocycles. The molecule has 1 unspecified atom stereocenters. The summed E-state index contributed by atoms with van der Waals surface area (Å²) in [7, 11) is 1.66. The van der Waals surface area contributed by atoms with E-state index in [1.54, 1.807) is 7.11 Å². The minimum atomic E-state index is -0.0313. The summed E-state index contributed by atoms with van der Waals surface area (Å²) in [6, 6.07) is 0. The molecule has 0 aliphatic rings. The lowest BCUT2D eigenvalue weighted by Gasteiger charge is -2.07. The van der Waals surface area contributed by atoms with Crippen LogP contribution < -0.4 is 5.32 Å². The highest BCUT2D eigenvalue weighted by Gasteiger charge is 2.14. The summed E-state index contributed by atoms with van der Waals surface area (Å²) in [4.78, 5) is 4.11. The van der Waals surface area contributed by atoms with Crippen LogP contribution in [0.25, 0.3) is 0 Å². The fraction of sp³-hybridized carbons (Fsp3) is 0.667. The molecule has 4 nitrogen and oxygen atoms in total. The smallest absolute Gasteiger partial charge is 0.181 e. The van der Waals surface area contributed by atoms with Crippen LogP contribution in [0.1, 0.15) is 31.4 Å². The summed E-state index contributed by atoms with van der Waals surface area (Å²) in [5.41, 5.74) is 0.927. The third-order valence-electron chi connectivity index (χ3n) is 1.94. The lowest BCUT2D eigenvalue weighted by molar-refractivity contribution is 0.0984. The Morgan fingerprint density at radius 1 is 1.69 bits per heavy atom. The number of methoxy groups -OCH3 is 1. The Morgan fingerprint density at radius 2 is 2.46 bits per heavy atom. The van der Waals surface area contributed by atoms with E-state index in [2.05, 4.69) is 17.2 Å². The highest BCUT2D eigenvalue weighted by atomic mass is 16.5. The van der Waals surface area contributed by atoms with E-state index in [-0.39, 0.29) is 6.10 Å². The molecule has 0 aliphatic carbocycles. The maximum absolute atomic E-state index is 5.24. The fourth-order valence-electron chi connectivity index (χ4n) is 1.09. The molecule has 1 N–H and O–H groups in total. The zero-order valence-corrected chi connectivity index (χ0v) is 8.33. The molecule has 1 aromatic rings. The topological polar surface area (TPSA) is 47.3 Å². The van der Waals surface area contributed by atoms with Crippen LogP contribution >= 0.6 is 0 Å². The third kappa shape index (κ3) is 2.54. The Balaban J connectivity index is 2.65. The van der Waals surface area contributed by atoms with E-state index in [0.29, 0.717) is 0 Å². The van der Waals surface area contributed by atoms with Crippen LogP contribution in [0.2, 0.25) is 0 Å². The van der Waals surface area contributed by atoms with Crippen molar-refractivity contribution in [1.82, 2.24) is 10.3 Å². The van der Waals surface area contributed by atoms with Crippen LogP contribution in [0.5, 0.6) is 0 Å². The van der Waals surface area contributed by atoms with Crippen molar-refractivity contribution in [3.8, 4) is 0 Å². The molecule has 0 aliphatic heterocycles. The average Bonchev–Trinajstić information content (AvgIpc) is 2.61. The normalized spacial score (nSPS) is 13.2. The lowest BCUT2D eigenvalue weighted by atomic mass is 10.2. The van der Waals surface area contributed by atoms with Gasteiger partial charge in [-0.05, 0) is 13.5 Å². The maximum Gasteiger partial charge on any atom is 0.181 e. The van der Waals surface area contributed by atoms with Crippen molar-refractivity contribution in [3.63, 3.8) is 0 Å². The number of hydrogen-bond donors (Lipinski definition) is 1. The van der Waals surface area contributed by atoms with Crippen molar-refractivity contribution in [2.75, 3.05) is 13.7 Å². The summed E-state index contributed by atoms with van der Waals surface area (Å²) < 4.78 is 10.4. The van der Waals surface area contributed by atoms with E-state index < -0.39 is 0 Å². The van der Waals surface area contributed by atoms with Gasteiger partial charge in [-0.3, -0.25) is 0 Å². The van der Waals surface area contributed by atoms with Crippen molar-refractivity contribution in [3.05, 3.63) is 17.8 Å². The minimum Gasteiger partial charge on any atom is -0.445 e. The zero-order valence-electron chi connectivity index (χ0n) is 8.33. The van der Waals surface area contributed by atoms with Gasteiger partial charge in [0.2, 0.25) is 0 Å². The Labute approximate surface area is 78.3 Å². The Kier molecular flexibility index (Phi) is 3.92. The summed E-state index contributed by atoms with van der Waals surface area (Å²) in [6.07, 6.45) is 1.42. The molecule has 13 heavy (non-hydrogen) atoms. The highest BCUT2D eigenvalue weighted by molar-refractivity contribution is 5.09. The summed E-state index contributed by atoms with van der Waals surface area (Å²) in [5.74, 6) is 0.809. The van der Waals surface area contributed by atoms with E-state index >= 15 is 0 Å². The molecule has 4 heteroatoms. The van der Waals surface area contributed by atoms with Gasteiger partial charge in [0.1, 0.15) is 6.10 Å². The highest BCUT2D eigenvalue weighted by Crippen LogP contribution is 2.18. The van der Waals surface area contributed by atoms with Crippen LogP contribution in [-0.4, -0.2) is 18.6 Å². The molecule has 0 saturated heterocycles. The first-order chi connectivity index (χ1) is 6.29. The van der Waals surface area contributed by atoms with E-state index in [4.69, 9.17) is 9.15 Å². The summed E-state index contributed by atoms with van der Waals surface area (Å²) >= 11 is 0. The van der Waals surface area contributed by atoms with Gasteiger partial charge in [-0.15, -0.1) is 0 Å². The predicted octanol–water partition coefficient (Wildman–Crippen LogP) is 1.49. The van der Waals surface area contributed by atoms with Crippen molar-refractivity contribution >= 4 is 0 Å². The van der Waals surface area contributed by atoms with E-state index in [9.17, 15) is 0 Å². The van der Waals surface area contributed by atoms with Gasteiger partial charge in [0, 0.05) is 13.7 Å². The van der Waals surface area contributed by atoms with Gasteiger partial charge in [0.05, 0.1) is 5.69 Å². The molecule has 0 aromatic carbocycles. The van der Waals surface area contributed by atoms with Gasteiger partial charge in [-0.1, -0.05) is 6.92 Å². The van der Waals surface area contributed by atoms with Crippen LogP contribution in [-0.2, 0) is 11.3 Å². The number of ether oxygens (including phenoxy) is 1. The van der Waals surface area contributed by atoms with Crippen LogP contribution in [0.15, 0.2) is 10.8 Å². The standard InChI is InChI=1S/C9H16N2O2/c1-4-10-5-8-9(7(2)12-3)13-6-11-8/h6-7,10H,4-5H2,1-3H3. The van der Waals surface area contributed by atoms with Crippen molar-refractivity contribution < 1.29 is 9.15 Å². The van der Waals surface area contributed by atoms with Crippen LogP contribution in [0.3, 0.4) is 0 Å². The Hall–Kier alpha value is -0.870. The molecule has 1 rings (SSSR count). The van der Waals surface area contributed by atoms with E-state index in [1.807, 2.05) is 6.92 Å². The first-order valence-corrected chi connectivity index (χ1v) is 4.45. The third-order valence-corrected chi connectivity index (χ3v) is 1.94. The lowest BCUT2D eigenvalue weighted by Crippen LogP contribution is -2.14. The predicted molar refractivity (Wildman–Crippen MR) is 49.3 cm³/mol. The molecular weight excluding hydrogens is 168 g/mol. The van der Waals surface area contributed by atoms with E-state index in [0.717, 1.165) is 24.5 Å². The number of hydrogen-bond acceptors (Lipinski definition) is 4. The molecule has 74 valence electrons. The largest absolute Gasteiger partial charge is 0.445 e. The minimum absolute atomic E-state index is 0.0313. The van der Waals surface area contributed by atoms with Gasteiger partial charge < -0.3 is 14.5 Å². The summed E-state index contributed by atoms with van der Waals surface area (Å²) in [5, 5.41) is 3.19. The summed E-state index contributed by atoms with van der Waals surface area (Å²) in [6.45, 7) is 5.65. The van der Waals surface area contributed by atoms with Crippen LogP contribution in [0, 0.1) is 0 Å².